The lowest BCUT2D eigenvalue weighted by molar-refractivity contribution is -0.144. The lowest BCUT2D eigenvalue weighted by atomic mass is 9.53. The zero-order valence-electron chi connectivity index (χ0n) is 17.3. The highest BCUT2D eigenvalue weighted by molar-refractivity contribution is 5.85. The first-order valence-electron chi connectivity index (χ1n) is 11.0. The number of amides is 2. The molecule has 4 saturated carbocycles. The molecule has 6 heteroatoms. The maximum atomic E-state index is 13.5. The van der Waals surface area contributed by atoms with Crippen LogP contribution < -0.4 is 10.6 Å². The molecule has 4 fully saturated rings. The molecule has 0 aromatic carbocycles. The van der Waals surface area contributed by atoms with Gasteiger partial charge in [0.2, 0.25) is 5.83 Å². The highest BCUT2D eigenvalue weighted by atomic mass is 19.1. The third kappa shape index (κ3) is 5.71. The van der Waals surface area contributed by atoms with Crippen molar-refractivity contribution in [2.75, 3.05) is 6.54 Å². The van der Waals surface area contributed by atoms with Crippen LogP contribution in [0, 0.1) is 17.8 Å². The van der Waals surface area contributed by atoms with Crippen LogP contribution in [0.5, 0.6) is 0 Å². The number of hydrogen-bond donors (Lipinski definition) is 2. The minimum atomic E-state index is -0.891. The average molecular weight is 395 g/mol. The Morgan fingerprint density at radius 3 is 2.25 bits per heavy atom. The molecule has 158 valence electrons. The van der Waals surface area contributed by atoms with Gasteiger partial charge in [0.25, 0.3) is 0 Å². The molecule has 0 heterocycles. The van der Waals surface area contributed by atoms with Gasteiger partial charge < -0.3 is 15.4 Å². The van der Waals surface area contributed by atoms with Crippen molar-refractivity contribution in [3.05, 3.63) is 11.9 Å². The van der Waals surface area contributed by atoms with Crippen LogP contribution in [-0.4, -0.2) is 30.2 Å². The highest BCUT2D eigenvalue weighted by Gasteiger charge is 2.51. The Bertz CT molecular complexity index is 567. The fourth-order valence-electron chi connectivity index (χ4n) is 5.78. The molecule has 0 radical (unpaired) electrons. The van der Waals surface area contributed by atoms with E-state index in [0.717, 1.165) is 56.3 Å². The van der Waals surface area contributed by atoms with Gasteiger partial charge in [-0.2, -0.15) is 4.39 Å². The molecule has 5 nitrogen and oxygen atoms in total. The molecule has 4 aliphatic rings. The van der Waals surface area contributed by atoms with Gasteiger partial charge in [-0.1, -0.05) is 6.42 Å². The summed E-state index contributed by atoms with van der Waals surface area (Å²) in [7, 11) is 0. The molecular weight excluding hydrogens is 359 g/mol. The lowest BCUT2D eigenvalue weighted by Crippen LogP contribution is -2.61. The van der Waals surface area contributed by atoms with Gasteiger partial charge in [-0.25, -0.2) is 9.59 Å². The monoisotopic (exact) mass is 394 g/mol. The number of rotatable bonds is 9. The first kappa shape index (κ1) is 21.1. The molecule has 0 unspecified atom stereocenters. The number of urea groups is 1. The van der Waals surface area contributed by atoms with Crippen LogP contribution in [0.1, 0.15) is 78.1 Å². The molecule has 0 aromatic heterocycles. The standard InChI is InChI=1S/C22H35FN2O3/c1-15(2)28-20(26)19(23)7-5-3-4-6-8-24-21(27)25-22-12-16-9-17(13-22)11-18(10-16)14-22/h7,15-18H,3-6,8-14H2,1-2H3,(H2,24,25,27)/b19-7-. The molecule has 4 aliphatic carbocycles. The number of hydrogen-bond acceptors (Lipinski definition) is 3. The number of esters is 1. The van der Waals surface area contributed by atoms with E-state index in [-0.39, 0.29) is 17.7 Å². The van der Waals surface area contributed by atoms with E-state index >= 15 is 0 Å². The summed E-state index contributed by atoms with van der Waals surface area (Å²) in [5, 5.41) is 6.29. The molecule has 2 N–H and O–H groups in total. The third-order valence-electron chi connectivity index (χ3n) is 6.44. The highest BCUT2D eigenvalue weighted by Crippen LogP contribution is 2.55. The normalized spacial score (nSPS) is 31.1. The summed E-state index contributed by atoms with van der Waals surface area (Å²) in [5.74, 6) is 0.744. The van der Waals surface area contributed by atoms with E-state index in [0.29, 0.717) is 13.0 Å². The number of allylic oxidation sites excluding steroid dienone is 1. The van der Waals surface area contributed by atoms with Gasteiger partial charge in [0.1, 0.15) is 0 Å². The van der Waals surface area contributed by atoms with Gasteiger partial charge in [-0.15, -0.1) is 0 Å². The number of unbranched alkanes of at least 4 members (excludes halogenated alkanes) is 3. The fourth-order valence-corrected chi connectivity index (χ4v) is 5.78. The predicted octanol–water partition coefficient (Wildman–Crippen LogP) is 4.62. The van der Waals surface area contributed by atoms with E-state index in [2.05, 4.69) is 10.6 Å². The Morgan fingerprint density at radius 2 is 1.68 bits per heavy atom. The number of carbonyl (C=O) groups is 2. The summed E-state index contributed by atoms with van der Waals surface area (Å²) in [6, 6.07) is -0.0377. The predicted molar refractivity (Wildman–Crippen MR) is 106 cm³/mol. The summed E-state index contributed by atoms with van der Waals surface area (Å²) in [4.78, 5) is 23.7. The van der Waals surface area contributed by atoms with Crippen molar-refractivity contribution >= 4 is 12.0 Å². The van der Waals surface area contributed by atoms with Crippen LogP contribution in [0.2, 0.25) is 0 Å². The molecule has 0 atom stereocenters. The minimum Gasteiger partial charge on any atom is -0.458 e. The van der Waals surface area contributed by atoms with Crippen LogP contribution in [0.3, 0.4) is 0 Å². The Morgan fingerprint density at radius 1 is 1.07 bits per heavy atom. The Labute approximate surface area is 167 Å². The van der Waals surface area contributed by atoms with E-state index in [9.17, 15) is 14.0 Å². The largest absolute Gasteiger partial charge is 0.458 e. The third-order valence-corrected chi connectivity index (χ3v) is 6.44. The molecule has 4 bridgehead atoms. The molecule has 4 rings (SSSR count). The van der Waals surface area contributed by atoms with Crippen LogP contribution in [0.15, 0.2) is 11.9 Å². The van der Waals surface area contributed by atoms with E-state index in [1.807, 2.05) is 0 Å². The lowest BCUT2D eigenvalue weighted by Gasteiger charge is -2.56. The molecule has 0 saturated heterocycles. The SMILES string of the molecule is CC(C)OC(=O)/C(F)=C/CCCCCNC(=O)NC12CC3CC(CC(C3)C1)C2. The molecule has 2 amide bonds. The van der Waals surface area contributed by atoms with Crippen molar-refractivity contribution in [3.8, 4) is 0 Å². The molecule has 0 aliphatic heterocycles. The number of halogens is 1. The van der Waals surface area contributed by atoms with Gasteiger partial charge in [0.15, 0.2) is 0 Å². The number of carbonyl (C=O) groups excluding carboxylic acids is 2. The van der Waals surface area contributed by atoms with Crippen molar-refractivity contribution in [2.24, 2.45) is 17.8 Å². The number of ether oxygens (including phenoxy) is 1. The second-order valence-corrected chi connectivity index (χ2v) is 9.43. The van der Waals surface area contributed by atoms with Crippen LogP contribution in [-0.2, 0) is 9.53 Å². The summed E-state index contributed by atoms with van der Waals surface area (Å²) < 4.78 is 18.3. The Kier molecular flexibility index (Phi) is 7.00. The second-order valence-electron chi connectivity index (χ2n) is 9.43. The summed E-state index contributed by atoms with van der Waals surface area (Å²) >= 11 is 0. The van der Waals surface area contributed by atoms with Gasteiger partial charge in [0.05, 0.1) is 6.10 Å². The fraction of sp³-hybridized carbons (Fsp3) is 0.818. The topological polar surface area (TPSA) is 67.4 Å². The minimum absolute atomic E-state index is 0.0377. The summed E-state index contributed by atoms with van der Waals surface area (Å²) in [5.41, 5.74) is 0.0474. The van der Waals surface area contributed by atoms with Crippen molar-refractivity contribution in [3.63, 3.8) is 0 Å². The molecule has 28 heavy (non-hydrogen) atoms. The first-order chi connectivity index (χ1) is 13.3. The summed E-state index contributed by atoms with van der Waals surface area (Å²) in [6.45, 7) is 4.01. The van der Waals surface area contributed by atoms with Gasteiger partial charge in [0, 0.05) is 12.1 Å². The zero-order chi connectivity index (χ0) is 20.1. The molecule has 0 spiro atoms. The maximum Gasteiger partial charge on any atom is 0.367 e. The van der Waals surface area contributed by atoms with E-state index in [1.54, 1.807) is 13.8 Å². The van der Waals surface area contributed by atoms with Crippen LogP contribution in [0.4, 0.5) is 9.18 Å². The van der Waals surface area contributed by atoms with Crippen molar-refractivity contribution in [2.45, 2.75) is 89.7 Å². The summed E-state index contributed by atoms with van der Waals surface area (Å²) in [6.07, 6.45) is 11.5. The van der Waals surface area contributed by atoms with E-state index in [1.165, 1.54) is 25.3 Å². The van der Waals surface area contributed by atoms with Crippen molar-refractivity contribution in [1.82, 2.24) is 10.6 Å². The van der Waals surface area contributed by atoms with E-state index in [4.69, 9.17) is 4.74 Å². The molecule has 0 aromatic rings. The Hall–Kier alpha value is -1.59. The molecular formula is C22H35FN2O3. The van der Waals surface area contributed by atoms with Crippen LogP contribution >= 0.6 is 0 Å². The quantitative estimate of drug-likeness (QED) is 0.341. The van der Waals surface area contributed by atoms with Crippen molar-refractivity contribution in [1.29, 1.82) is 0 Å². The first-order valence-corrected chi connectivity index (χ1v) is 11.0. The van der Waals surface area contributed by atoms with Crippen molar-refractivity contribution < 1.29 is 18.7 Å². The average Bonchev–Trinajstić information content (AvgIpc) is 2.58. The smallest absolute Gasteiger partial charge is 0.367 e. The second kappa shape index (κ2) is 9.27. The van der Waals surface area contributed by atoms with Gasteiger partial charge in [-0.05, 0) is 95.5 Å². The van der Waals surface area contributed by atoms with Gasteiger partial charge in [-0.3, -0.25) is 0 Å². The number of nitrogens with one attached hydrogen (secondary N) is 2. The maximum absolute atomic E-state index is 13.5. The Balaban J connectivity index is 1.27. The zero-order valence-corrected chi connectivity index (χ0v) is 17.3. The van der Waals surface area contributed by atoms with Gasteiger partial charge >= 0.3 is 12.0 Å². The van der Waals surface area contributed by atoms with E-state index < -0.39 is 11.8 Å². The van der Waals surface area contributed by atoms with Crippen LogP contribution in [0.25, 0.3) is 0 Å².